The summed E-state index contributed by atoms with van der Waals surface area (Å²) in [6.07, 6.45) is 5.41. The molecule has 0 aromatic heterocycles. The van der Waals surface area contributed by atoms with Crippen LogP contribution >= 0.6 is 0 Å². The second kappa shape index (κ2) is 7.42. The highest BCUT2D eigenvalue weighted by molar-refractivity contribution is 5.19. The molecule has 0 bridgehead atoms. The first kappa shape index (κ1) is 16.5. The van der Waals surface area contributed by atoms with Crippen LogP contribution in [0.15, 0.2) is 30.3 Å². The number of hydrogen-bond donors (Lipinski definition) is 1. The number of benzene rings is 1. The first-order valence-electron chi connectivity index (χ1n) is 8.50. The van der Waals surface area contributed by atoms with Crippen molar-refractivity contribution in [3.05, 3.63) is 35.9 Å². The van der Waals surface area contributed by atoms with Crippen molar-refractivity contribution in [3.63, 3.8) is 0 Å². The van der Waals surface area contributed by atoms with Gasteiger partial charge >= 0.3 is 0 Å². The molecule has 2 nitrogen and oxygen atoms in total. The second-order valence-corrected chi connectivity index (χ2v) is 7.36. The Morgan fingerprint density at radius 2 is 1.81 bits per heavy atom. The molecule has 0 amide bonds. The lowest BCUT2D eigenvalue weighted by Gasteiger charge is -2.39. The Hall–Kier alpha value is -0.860. The van der Waals surface area contributed by atoms with Gasteiger partial charge in [0.1, 0.15) is 0 Å². The van der Waals surface area contributed by atoms with E-state index in [9.17, 15) is 0 Å². The van der Waals surface area contributed by atoms with Gasteiger partial charge in [0, 0.05) is 18.6 Å². The van der Waals surface area contributed by atoms with Crippen LogP contribution in [0.5, 0.6) is 0 Å². The molecule has 0 saturated heterocycles. The minimum atomic E-state index is 0.441. The zero-order valence-corrected chi connectivity index (χ0v) is 14.2. The highest BCUT2D eigenvalue weighted by Gasteiger charge is 2.29. The summed E-state index contributed by atoms with van der Waals surface area (Å²) in [6.45, 7) is 9.14. The van der Waals surface area contributed by atoms with Crippen molar-refractivity contribution < 1.29 is 0 Å². The van der Waals surface area contributed by atoms with Gasteiger partial charge in [0.15, 0.2) is 0 Å². The molecule has 2 rings (SSSR count). The van der Waals surface area contributed by atoms with Gasteiger partial charge in [0.2, 0.25) is 0 Å². The zero-order valence-electron chi connectivity index (χ0n) is 14.2. The van der Waals surface area contributed by atoms with Crippen LogP contribution in [-0.2, 0) is 0 Å². The molecule has 2 heteroatoms. The largest absolute Gasteiger partial charge is 0.309 e. The van der Waals surface area contributed by atoms with Crippen LogP contribution < -0.4 is 5.32 Å². The predicted octanol–water partition coefficient (Wildman–Crippen LogP) is 4.24. The fourth-order valence-electron chi connectivity index (χ4n) is 3.48. The third-order valence-electron chi connectivity index (χ3n) is 5.06. The van der Waals surface area contributed by atoms with Crippen molar-refractivity contribution >= 4 is 0 Å². The molecule has 1 aromatic rings. The molecule has 1 N–H and O–H groups in total. The molecule has 1 unspecified atom stereocenters. The number of nitrogens with one attached hydrogen (secondary N) is 1. The fraction of sp³-hybridized carbons (Fsp3) is 0.684. The zero-order chi connectivity index (χ0) is 15.3. The molecule has 0 aliphatic heterocycles. The van der Waals surface area contributed by atoms with Gasteiger partial charge in [0.05, 0.1) is 0 Å². The molecule has 0 radical (unpaired) electrons. The van der Waals surface area contributed by atoms with E-state index in [-0.39, 0.29) is 0 Å². The minimum Gasteiger partial charge on any atom is -0.309 e. The maximum atomic E-state index is 3.64. The van der Waals surface area contributed by atoms with Crippen LogP contribution in [0.25, 0.3) is 0 Å². The highest BCUT2D eigenvalue weighted by Crippen LogP contribution is 2.36. The summed E-state index contributed by atoms with van der Waals surface area (Å²) in [7, 11) is 2.30. The molecular weight excluding hydrogens is 256 g/mol. The maximum absolute atomic E-state index is 3.64. The van der Waals surface area contributed by atoms with Gasteiger partial charge in [-0.05, 0) is 50.3 Å². The van der Waals surface area contributed by atoms with Crippen LogP contribution in [0, 0.1) is 5.41 Å². The number of likely N-dealkylation sites (N-methyl/N-ethyl adjacent to an activating group) is 2. The molecular formula is C19H32N2. The molecule has 1 aliphatic carbocycles. The first-order chi connectivity index (χ1) is 10.0. The SMILES string of the molecule is CCNC(CN(C)C1CCC(C)(C)CC1)c1ccccc1. The average molecular weight is 288 g/mol. The quantitative estimate of drug-likeness (QED) is 0.842. The monoisotopic (exact) mass is 288 g/mol. The van der Waals surface area contributed by atoms with Gasteiger partial charge < -0.3 is 10.2 Å². The standard InChI is InChI=1S/C19H32N2/c1-5-20-18(16-9-7-6-8-10-16)15-21(4)17-11-13-19(2,3)14-12-17/h6-10,17-18,20H,5,11-15H2,1-4H3. The van der Waals surface area contributed by atoms with E-state index in [0.717, 1.165) is 19.1 Å². The average Bonchev–Trinajstić information content (AvgIpc) is 2.47. The second-order valence-electron chi connectivity index (χ2n) is 7.36. The Morgan fingerprint density at radius 3 is 2.38 bits per heavy atom. The van der Waals surface area contributed by atoms with Crippen LogP contribution in [0.1, 0.15) is 58.1 Å². The molecule has 1 aliphatic rings. The van der Waals surface area contributed by atoms with E-state index < -0.39 is 0 Å². The molecule has 0 spiro atoms. The molecule has 1 atom stereocenters. The summed E-state index contributed by atoms with van der Waals surface area (Å²) in [5.74, 6) is 0. The molecule has 1 aromatic carbocycles. The summed E-state index contributed by atoms with van der Waals surface area (Å²) in [6, 6.07) is 12.1. The van der Waals surface area contributed by atoms with E-state index in [1.54, 1.807) is 0 Å². The lowest BCUT2D eigenvalue weighted by Crippen LogP contribution is -2.41. The van der Waals surface area contributed by atoms with E-state index in [1.807, 2.05) is 0 Å². The third-order valence-corrected chi connectivity index (χ3v) is 5.06. The summed E-state index contributed by atoms with van der Waals surface area (Å²) >= 11 is 0. The fourth-order valence-corrected chi connectivity index (χ4v) is 3.48. The molecule has 1 saturated carbocycles. The summed E-state index contributed by atoms with van der Waals surface area (Å²) < 4.78 is 0. The lowest BCUT2D eigenvalue weighted by atomic mass is 9.75. The first-order valence-corrected chi connectivity index (χ1v) is 8.50. The van der Waals surface area contributed by atoms with Crippen LogP contribution in [-0.4, -0.2) is 31.1 Å². The van der Waals surface area contributed by atoms with E-state index in [4.69, 9.17) is 0 Å². The lowest BCUT2D eigenvalue weighted by molar-refractivity contribution is 0.119. The normalized spacial score (nSPS) is 20.6. The number of rotatable bonds is 6. The Bertz CT molecular complexity index is 403. The van der Waals surface area contributed by atoms with E-state index >= 15 is 0 Å². The van der Waals surface area contributed by atoms with Crippen molar-refractivity contribution in [2.75, 3.05) is 20.1 Å². The van der Waals surface area contributed by atoms with Crippen molar-refractivity contribution in [2.24, 2.45) is 5.41 Å². The van der Waals surface area contributed by atoms with Gasteiger partial charge in [-0.25, -0.2) is 0 Å². The van der Waals surface area contributed by atoms with Gasteiger partial charge in [-0.3, -0.25) is 0 Å². The van der Waals surface area contributed by atoms with E-state index in [1.165, 1.54) is 31.2 Å². The van der Waals surface area contributed by atoms with Gasteiger partial charge in [-0.15, -0.1) is 0 Å². The number of nitrogens with zero attached hydrogens (tertiary/aromatic N) is 1. The van der Waals surface area contributed by atoms with Gasteiger partial charge in [-0.2, -0.15) is 0 Å². The maximum Gasteiger partial charge on any atom is 0.0449 e. The van der Waals surface area contributed by atoms with Crippen molar-refractivity contribution in [1.29, 1.82) is 0 Å². The summed E-state index contributed by atoms with van der Waals surface area (Å²) in [4.78, 5) is 2.58. The highest BCUT2D eigenvalue weighted by atomic mass is 15.2. The van der Waals surface area contributed by atoms with Crippen LogP contribution in [0.2, 0.25) is 0 Å². The minimum absolute atomic E-state index is 0.441. The molecule has 1 fully saturated rings. The Balaban J connectivity index is 1.94. The molecule has 21 heavy (non-hydrogen) atoms. The Labute approximate surface area is 130 Å². The van der Waals surface area contributed by atoms with Crippen molar-refractivity contribution in [3.8, 4) is 0 Å². The van der Waals surface area contributed by atoms with E-state index in [2.05, 4.69) is 68.4 Å². The number of hydrogen-bond acceptors (Lipinski definition) is 2. The van der Waals surface area contributed by atoms with Crippen LogP contribution in [0.3, 0.4) is 0 Å². The summed E-state index contributed by atoms with van der Waals surface area (Å²) in [5, 5.41) is 3.64. The summed E-state index contributed by atoms with van der Waals surface area (Å²) in [5.41, 5.74) is 1.96. The molecule has 118 valence electrons. The van der Waals surface area contributed by atoms with Gasteiger partial charge in [-0.1, -0.05) is 51.1 Å². The van der Waals surface area contributed by atoms with Crippen molar-refractivity contribution in [1.82, 2.24) is 10.2 Å². The van der Waals surface area contributed by atoms with E-state index in [0.29, 0.717) is 11.5 Å². The Morgan fingerprint density at radius 1 is 1.19 bits per heavy atom. The van der Waals surface area contributed by atoms with Crippen LogP contribution in [0.4, 0.5) is 0 Å². The van der Waals surface area contributed by atoms with Gasteiger partial charge in [0.25, 0.3) is 0 Å². The Kier molecular flexibility index (Phi) is 5.83. The van der Waals surface area contributed by atoms with Crippen molar-refractivity contribution in [2.45, 2.75) is 58.5 Å². The molecule has 0 heterocycles. The predicted molar refractivity (Wildman–Crippen MR) is 91.5 cm³/mol. The smallest absolute Gasteiger partial charge is 0.0449 e. The topological polar surface area (TPSA) is 15.3 Å². The third kappa shape index (κ3) is 4.82.